The van der Waals surface area contributed by atoms with Gasteiger partial charge in [0.15, 0.2) is 0 Å². The van der Waals surface area contributed by atoms with Gasteiger partial charge in [0.05, 0.1) is 5.41 Å². The summed E-state index contributed by atoms with van der Waals surface area (Å²) in [5, 5.41) is 13.9. The molecule has 4 unspecified atom stereocenters. The first-order valence-corrected chi connectivity index (χ1v) is 14.6. The zero-order valence-electron chi connectivity index (χ0n) is 22.4. The maximum absolute atomic E-state index is 13.7. The highest BCUT2D eigenvalue weighted by atomic mass is 35.5. The minimum absolute atomic E-state index is 0.122. The molecule has 3 aliphatic rings. The average molecular weight is 517 g/mol. The first kappa shape index (κ1) is 27.3. The van der Waals surface area contributed by atoms with E-state index in [1.54, 1.807) is 6.07 Å². The predicted octanol–water partition coefficient (Wildman–Crippen LogP) is 5.43. The van der Waals surface area contributed by atoms with Gasteiger partial charge in [-0.2, -0.15) is 0 Å². The fourth-order valence-corrected chi connectivity index (χ4v) is 7.12. The van der Waals surface area contributed by atoms with Crippen LogP contribution in [0, 0.1) is 24.2 Å². The molecule has 3 fully saturated rings. The second-order valence-electron chi connectivity index (χ2n) is 11.6. The molecule has 2 amide bonds. The molecule has 4 N–H and O–H groups in total. The lowest BCUT2D eigenvalue weighted by atomic mass is 9.60. The predicted molar refractivity (Wildman–Crippen MR) is 148 cm³/mol. The summed E-state index contributed by atoms with van der Waals surface area (Å²) in [4.78, 5) is 27.3. The van der Waals surface area contributed by atoms with Gasteiger partial charge in [-0.1, -0.05) is 57.0 Å². The summed E-state index contributed by atoms with van der Waals surface area (Å²) in [7, 11) is 0. The van der Waals surface area contributed by atoms with Crippen molar-refractivity contribution in [1.29, 1.82) is 0 Å². The maximum Gasteiger partial charge on any atom is 0.251 e. The number of hydrogen-bond donors (Lipinski definition) is 4. The normalized spacial score (nSPS) is 30.1. The molecule has 36 heavy (non-hydrogen) atoms. The molecule has 200 valence electrons. The Morgan fingerprint density at radius 2 is 1.78 bits per heavy atom. The third-order valence-corrected chi connectivity index (χ3v) is 9.27. The minimum Gasteiger partial charge on any atom is -0.381 e. The molecular weight excluding hydrogens is 472 g/mol. The molecule has 1 saturated carbocycles. The molecule has 2 aliphatic heterocycles. The second-order valence-corrected chi connectivity index (χ2v) is 12.0. The van der Waals surface area contributed by atoms with Crippen molar-refractivity contribution >= 4 is 29.1 Å². The van der Waals surface area contributed by atoms with Gasteiger partial charge in [0, 0.05) is 41.4 Å². The third-order valence-electron chi connectivity index (χ3n) is 9.05. The van der Waals surface area contributed by atoms with Crippen LogP contribution in [0.5, 0.6) is 0 Å². The number of piperidine rings is 1. The van der Waals surface area contributed by atoms with Crippen molar-refractivity contribution in [2.24, 2.45) is 17.3 Å². The topological polar surface area (TPSA) is 82.3 Å². The number of carbonyl (C=O) groups excluding carboxylic acids is 2. The number of carbonyl (C=O) groups is 2. The van der Waals surface area contributed by atoms with Crippen LogP contribution in [0.2, 0.25) is 5.02 Å². The van der Waals surface area contributed by atoms with Gasteiger partial charge in [-0.05, 0) is 75.6 Å². The number of benzene rings is 1. The van der Waals surface area contributed by atoms with Crippen LogP contribution >= 0.6 is 11.6 Å². The Morgan fingerprint density at radius 1 is 1.08 bits per heavy atom. The van der Waals surface area contributed by atoms with Gasteiger partial charge in [-0.15, -0.1) is 0 Å². The third kappa shape index (κ3) is 6.02. The summed E-state index contributed by atoms with van der Waals surface area (Å²) in [5.74, 6) is 0.465. The summed E-state index contributed by atoms with van der Waals surface area (Å²) in [6, 6.07) is 4.16. The lowest BCUT2D eigenvalue weighted by Gasteiger charge is -2.48. The van der Waals surface area contributed by atoms with Gasteiger partial charge in [0.25, 0.3) is 5.91 Å². The largest absolute Gasteiger partial charge is 0.381 e. The Bertz CT molecular complexity index is 922. The summed E-state index contributed by atoms with van der Waals surface area (Å²) >= 11 is 6.46. The monoisotopic (exact) mass is 516 g/mol. The Labute approximate surface area is 222 Å². The van der Waals surface area contributed by atoms with Crippen LogP contribution in [0.1, 0.15) is 94.0 Å². The fourth-order valence-electron chi connectivity index (χ4n) is 6.90. The lowest BCUT2D eigenvalue weighted by Crippen LogP contribution is -2.61. The Hall–Kier alpha value is -1.79. The highest BCUT2D eigenvalue weighted by molar-refractivity contribution is 6.31. The molecule has 1 aliphatic carbocycles. The molecule has 0 radical (unpaired) electrons. The molecule has 4 rings (SSSR count). The molecule has 1 aromatic rings. The maximum atomic E-state index is 13.7. The number of hydrogen-bond acceptors (Lipinski definition) is 4. The molecule has 1 aromatic carbocycles. The van der Waals surface area contributed by atoms with Crippen molar-refractivity contribution in [2.45, 2.75) is 97.1 Å². The standard InChI is InChI=1S/C29H45ClN4O2/c1-19-14-20(2)33-28(36)29(19,22-10-8-6-4-5-7-9-11-22)18-32-27(35)25-15-23(30)16-26(21(25)3)34-24-12-13-31-17-24/h15-16,19-20,22,24,31,34H,4-14,17-18H2,1-3H3,(H,32,35)(H,33,36). The van der Waals surface area contributed by atoms with Crippen LogP contribution in [-0.4, -0.2) is 43.5 Å². The van der Waals surface area contributed by atoms with Gasteiger partial charge in [0.2, 0.25) is 5.91 Å². The molecule has 0 bridgehead atoms. The molecule has 2 saturated heterocycles. The summed E-state index contributed by atoms with van der Waals surface area (Å²) in [6.45, 7) is 8.55. The van der Waals surface area contributed by atoms with E-state index in [0.29, 0.717) is 23.2 Å². The van der Waals surface area contributed by atoms with Gasteiger partial charge < -0.3 is 21.3 Å². The zero-order chi connectivity index (χ0) is 25.7. The molecule has 0 aromatic heterocycles. The van der Waals surface area contributed by atoms with Crippen molar-refractivity contribution < 1.29 is 9.59 Å². The highest BCUT2D eigenvalue weighted by Crippen LogP contribution is 2.46. The van der Waals surface area contributed by atoms with E-state index in [-0.39, 0.29) is 29.7 Å². The zero-order valence-corrected chi connectivity index (χ0v) is 23.1. The highest BCUT2D eigenvalue weighted by Gasteiger charge is 2.52. The Kier molecular flexibility index (Phi) is 9.21. The van der Waals surface area contributed by atoms with Crippen LogP contribution in [0.25, 0.3) is 0 Å². The number of rotatable bonds is 6. The minimum atomic E-state index is -0.574. The summed E-state index contributed by atoms with van der Waals surface area (Å²) in [5.41, 5.74) is 1.81. The van der Waals surface area contributed by atoms with E-state index in [2.05, 4.69) is 35.1 Å². The number of halogens is 1. The van der Waals surface area contributed by atoms with E-state index >= 15 is 0 Å². The van der Waals surface area contributed by atoms with Crippen molar-refractivity contribution in [1.82, 2.24) is 16.0 Å². The lowest BCUT2D eigenvalue weighted by molar-refractivity contribution is -0.143. The molecule has 2 heterocycles. The van der Waals surface area contributed by atoms with Gasteiger partial charge in [-0.25, -0.2) is 0 Å². The van der Waals surface area contributed by atoms with E-state index in [4.69, 9.17) is 11.6 Å². The van der Waals surface area contributed by atoms with E-state index in [9.17, 15) is 9.59 Å². The molecule has 0 spiro atoms. The van der Waals surface area contributed by atoms with Crippen LogP contribution in [0.4, 0.5) is 5.69 Å². The number of anilines is 1. The number of amides is 2. The van der Waals surface area contributed by atoms with Crippen molar-refractivity contribution in [2.75, 3.05) is 25.0 Å². The first-order valence-electron chi connectivity index (χ1n) is 14.2. The van der Waals surface area contributed by atoms with E-state index < -0.39 is 5.41 Å². The van der Waals surface area contributed by atoms with Crippen molar-refractivity contribution in [3.63, 3.8) is 0 Å². The summed E-state index contributed by atoms with van der Waals surface area (Å²) < 4.78 is 0. The van der Waals surface area contributed by atoms with Gasteiger partial charge >= 0.3 is 0 Å². The number of nitrogens with one attached hydrogen (secondary N) is 4. The molecular formula is C29H45ClN4O2. The Balaban J connectivity index is 1.56. The van der Waals surface area contributed by atoms with Crippen molar-refractivity contribution in [3.05, 3.63) is 28.3 Å². The first-order chi connectivity index (χ1) is 17.3. The van der Waals surface area contributed by atoms with Crippen LogP contribution in [0.3, 0.4) is 0 Å². The van der Waals surface area contributed by atoms with E-state index in [1.165, 1.54) is 25.7 Å². The van der Waals surface area contributed by atoms with E-state index in [1.807, 2.05) is 13.0 Å². The SMILES string of the molecule is Cc1c(NC2CCNC2)cc(Cl)cc1C(=O)NCC1(C2CCCCCCCC2)C(=O)NC(C)CC1C. The smallest absolute Gasteiger partial charge is 0.251 e. The van der Waals surface area contributed by atoms with Gasteiger partial charge in [-0.3, -0.25) is 9.59 Å². The summed E-state index contributed by atoms with van der Waals surface area (Å²) in [6.07, 6.45) is 11.5. The Morgan fingerprint density at radius 3 is 2.42 bits per heavy atom. The molecule has 4 atom stereocenters. The second kappa shape index (κ2) is 12.2. The molecule has 6 nitrogen and oxygen atoms in total. The van der Waals surface area contributed by atoms with E-state index in [0.717, 1.165) is 62.9 Å². The van der Waals surface area contributed by atoms with Crippen LogP contribution < -0.4 is 21.3 Å². The van der Waals surface area contributed by atoms with Crippen LogP contribution in [-0.2, 0) is 4.79 Å². The quantitative estimate of drug-likeness (QED) is 0.406. The van der Waals surface area contributed by atoms with Crippen molar-refractivity contribution in [3.8, 4) is 0 Å². The molecule has 7 heteroatoms. The van der Waals surface area contributed by atoms with Crippen LogP contribution in [0.15, 0.2) is 12.1 Å². The average Bonchev–Trinajstić information content (AvgIpc) is 3.38. The van der Waals surface area contributed by atoms with Gasteiger partial charge in [0.1, 0.15) is 0 Å². The fraction of sp³-hybridized carbons (Fsp3) is 0.724.